The molecule has 8 nitrogen and oxygen atoms in total. The molecule has 2 rings (SSSR count). The second-order valence-corrected chi connectivity index (χ2v) is 7.06. The molecule has 4 atom stereocenters. The second-order valence-electron chi connectivity index (χ2n) is 7.06. The van der Waals surface area contributed by atoms with E-state index in [1.54, 1.807) is 18.2 Å². The number of hydrogen-bond donors (Lipinski definition) is 6. The normalized spacial score (nSPS) is 19.9. The van der Waals surface area contributed by atoms with Crippen LogP contribution in [0.5, 0.6) is 0 Å². The summed E-state index contributed by atoms with van der Waals surface area (Å²) in [5, 5.41) is 49.7. The fourth-order valence-corrected chi connectivity index (χ4v) is 2.77. The van der Waals surface area contributed by atoms with Crippen molar-refractivity contribution in [2.75, 3.05) is 13.2 Å². The predicted molar refractivity (Wildman–Crippen MR) is 95.7 cm³/mol. The maximum atomic E-state index is 12.3. The van der Waals surface area contributed by atoms with Crippen molar-refractivity contribution < 1.29 is 30.3 Å². The summed E-state index contributed by atoms with van der Waals surface area (Å²) < 4.78 is 0. The molecule has 1 aliphatic rings. The molecule has 0 fully saturated rings. The van der Waals surface area contributed by atoms with Crippen LogP contribution in [0.4, 0.5) is 5.69 Å². The minimum absolute atomic E-state index is 0.272. The van der Waals surface area contributed by atoms with Crippen molar-refractivity contribution in [2.24, 2.45) is 4.99 Å². The van der Waals surface area contributed by atoms with Gasteiger partial charge in [0.25, 0.3) is 5.91 Å². The third-order valence-corrected chi connectivity index (χ3v) is 4.92. The van der Waals surface area contributed by atoms with Crippen LogP contribution in [0.2, 0.25) is 0 Å². The van der Waals surface area contributed by atoms with Gasteiger partial charge in [0.05, 0.1) is 18.4 Å². The van der Waals surface area contributed by atoms with Crippen LogP contribution in [0.3, 0.4) is 0 Å². The van der Waals surface area contributed by atoms with Crippen LogP contribution >= 0.6 is 0 Å². The van der Waals surface area contributed by atoms with E-state index >= 15 is 0 Å². The van der Waals surface area contributed by atoms with Gasteiger partial charge in [-0.05, 0) is 30.7 Å². The number of carbonyl (C=O) groups is 1. The van der Waals surface area contributed by atoms with Crippen molar-refractivity contribution in [1.82, 2.24) is 5.32 Å². The predicted octanol–water partition coefficient (Wildman–Crippen LogP) is -0.764. The molecule has 1 aromatic carbocycles. The number of carbonyl (C=O) groups excluding carboxylic acids is 1. The summed E-state index contributed by atoms with van der Waals surface area (Å²) in [6.45, 7) is 4.89. The first-order valence-corrected chi connectivity index (χ1v) is 8.41. The largest absolute Gasteiger partial charge is 0.394 e. The number of aliphatic hydroxyl groups is 5. The first-order chi connectivity index (χ1) is 12.1. The molecular weight excluding hydrogens is 340 g/mol. The molecular formula is C18H26N2O6. The number of fused-ring (bicyclic) bond motifs is 1. The van der Waals surface area contributed by atoms with Crippen molar-refractivity contribution in [3.63, 3.8) is 0 Å². The Labute approximate surface area is 151 Å². The first-order valence-electron chi connectivity index (χ1n) is 8.41. The lowest BCUT2D eigenvalue weighted by molar-refractivity contribution is -0.113. The van der Waals surface area contributed by atoms with Gasteiger partial charge >= 0.3 is 0 Å². The number of hydrogen-bond acceptors (Lipinski definition) is 7. The van der Waals surface area contributed by atoms with Crippen LogP contribution in [-0.2, 0) is 5.41 Å². The van der Waals surface area contributed by atoms with Crippen LogP contribution in [-0.4, -0.2) is 74.7 Å². The van der Waals surface area contributed by atoms with Gasteiger partial charge < -0.3 is 30.8 Å². The average molecular weight is 366 g/mol. The SMILES string of the molecule is CC1=Nc2ccc(C(=O)NCC(O)C(O)C(O)C(O)CO)cc2C1(C)C. The molecule has 0 bridgehead atoms. The Hall–Kier alpha value is -1.84. The molecule has 0 saturated heterocycles. The van der Waals surface area contributed by atoms with E-state index in [-0.39, 0.29) is 12.0 Å². The standard InChI is InChI=1S/C18H26N2O6/c1-9-18(2,3)11-6-10(4-5-12(11)20-9)17(26)19-7-13(22)15(24)16(25)14(23)8-21/h4-6,13-16,21-25H,7-8H2,1-3H3,(H,19,26). The molecule has 0 radical (unpaired) electrons. The highest BCUT2D eigenvalue weighted by Crippen LogP contribution is 2.40. The van der Waals surface area contributed by atoms with E-state index < -0.39 is 36.9 Å². The Balaban J connectivity index is 2.01. The van der Waals surface area contributed by atoms with E-state index in [2.05, 4.69) is 10.3 Å². The highest BCUT2D eigenvalue weighted by atomic mass is 16.4. The molecule has 0 spiro atoms. The summed E-state index contributed by atoms with van der Waals surface area (Å²) in [5.41, 5.74) is 2.83. The van der Waals surface area contributed by atoms with E-state index in [1.807, 2.05) is 20.8 Å². The van der Waals surface area contributed by atoms with Gasteiger partial charge in [-0.15, -0.1) is 0 Å². The summed E-state index contributed by atoms with van der Waals surface area (Å²) in [4.78, 5) is 16.8. The van der Waals surface area contributed by atoms with Crippen LogP contribution in [0.15, 0.2) is 23.2 Å². The summed E-state index contributed by atoms with van der Waals surface area (Å²) in [6.07, 6.45) is -6.54. The summed E-state index contributed by atoms with van der Waals surface area (Å²) >= 11 is 0. The minimum atomic E-state index is -1.73. The minimum Gasteiger partial charge on any atom is -0.394 e. The maximum Gasteiger partial charge on any atom is 0.251 e. The number of rotatable bonds is 7. The van der Waals surface area contributed by atoms with E-state index in [1.165, 1.54) is 0 Å². The molecule has 1 aliphatic heterocycles. The third kappa shape index (κ3) is 3.94. The molecule has 1 amide bonds. The second kappa shape index (κ2) is 7.81. The third-order valence-electron chi connectivity index (χ3n) is 4.92. The number of nitrogens with zero attached hydrogens (tertiary/aromatic N) is 1. The summed E-state index contributed by atoms with van der Waals surface area (Å²) in [5.74, 6) is -0.448. The Kier molecular flexibility index (Phi) is 6.15. The number of amides is 1. The Morgan fingerprint density at radius 2 is 1.77 bits per heavy atom. The number of aliphatic hydroxyl groups excluding tert-OH is 5. The Morgan fingerprint density at radius 1 is 1.15 bits per heavy atom. The van der Waals surface area contributed by atoms with Gasteiger partial charge in [0.1, 0.15) is 18.3 Å². The molecule has 8 heteroatoms. The molecule has 1 aromatic rings. The van der Waals surface area contributed by atoms with Gasteiger partial charge in [0.2, 0.25) is 0 Å². The quantitative estimate of drug-likeness (QED) is 0.374. The van der Waals surface area contributed by atoms with Gasteiger partial charge in [-0.2, -0.15) is 0 Å². The lowest BCUT2D eigenvalue weighted by Gasteiger charge is -2.25. The molecule has 4 unspecified atom stereocenters. The van der Waals surface area contributed by atoms with Crippen LogP contribution in [0, 0.1) is 0 Å². The van der Waals surface area contributed by atoms with Crippen molar-refractivity contribution in [3.05, 3.63) is 29.3 Å². The van der Waals surface area contributed by atoms with E-state index in [9.17, 15) is 25.2 Å². The van der Waals surface area contributed by atoms with Gasteiger partial charge in [-0.25, -0.2) is 0 Å². The fraction of sp³-hybridized carbons (Fsp3) is 0.556. The zero-order valence-corrected chi connectivity index (χ0v) is 15.0. The molecule has 26 heavy (non-hydrogen) atoms. The zero-order chi connectivity index (χ0) is 19.6. The average Bonchev–Trinajstić information content (AvgIpc) is 2.85. The number of benzene rings is 1. The first kappa shape index (κ1) is 20.5. The van der Waals surface area contributed by atoms with Crippen LogP contribution < -0.4 is 5.32 Å². The van der Waals surface area contributed by atoms with Crippen molar-refractivity contribution in [3.8, 4) is 0 Å². The van der Waals surface area contributed by atoms with E-state index in [4.69, 9.17) is 5.11 Å². The van der Waals surface area contributed by atoms with Gasteiger partial charge in [0.15, 0.2) is 0 Å². The molecule has 1 heterocycles. The lowest BCUT2D eigenvalue weighted by Crippen LogP contribution is -2.49. The van der Waals surface area contributed by atoms with Crippen LogP contribution in [0.25, 0.3) is 0 Å². The van der Waals surface area contributed by atoms with E-state index in [0.717, 1.165) is 17.0 Å². The fourth-order valence-electron chi connectivity index (χ4n) is 2.77. The van der Waals surface area contributed by atoms with Gasteiger partial charge in [-0.3, -0.25) is 9.79 Å². The Bertz CT molecular complexity index is 703. The number of nitrogens with one attached hydrogen (secondary N) is 1. The molecule has 0 aromatic heterocycles. The molecule has 6 N–H and O–H groups in total. The Morgan fingerprint density at radius 3 is 2.38 bits per heavy atom. The van der Waals surface area contributed by atoms with E-state index in [0.29, 0.717) is 5.56 Å². The highest BCUT2D eigenvalue weighted by Gasteiger charge is 2.33. The van der Waals surface area contributed by atoms with Crippen molar-refractivity contribution in [2.45, 2.75) is 50.6 Å². The van der Waals surface area contributed by atoms with Crippen LogP contribution in [0.1, 0.15) is 36.7 Å². The lowest BCUT2D eigenvalue weighted by atomic mass is 9.81. The van der Waals surface area contributed by atoms with Gasteiger partial charge in [-0.1, -0.05) is 13.8 Å². The van der Waals surface area contributed by atoms with Gasteiger partial charge in [0, 0.05) is 23.2 Å². The summed E-state index contributed by atoms with van der Waals surface area (Å²) in [6, 6.07) is 5.13. The molecule has 0 aliphatic carbocycles. The highest BCUT2D eigenvalue weighted by molar-refractivity contribution is 6.01. The zero-order valence-electron chi connectivity index (χ0n) is 15.0. The monoisotopic (exact) mass is 366 g/mol. The molecule has 144 valence electrons. The molecule has 0 saturated carbocycles. The van der Waals surface area contributed by atoms with Crippen molar-refractivity contribution >= 4 is 17.3 Å². The maximum absolute atomic E-state index is 12.3. The topological polar surface area (TPSA) is 143 Å². The smallest absolute Gasteiger partial charge is 0.251 e. The van der Waals surface area contributed by atoms with Crippen molar-refractivity contribution in [1.29, 1.82) is 0 Å². The number of aliphatic imine (C=N–C) groups is 1. The summed E-state index contributed by atoms with van der Waals surface area (Å²) in [7, 11) is 0.